The molecule has 16 heteroatoms. The second-order valence-electron chi connectivity index (χ2n) is 10.3. The largest absolute Gasteiger partial charge is 0.486 e. The van der Waals surface area contributed by atoms with E-state index in [1.54, 1.807) is 0 Å². The average molecular weight is 611 g/mol. The molecule has 1 saturated carbocycles. The first-order valence-electron chi connectivity index (χ1n) is 12.1. The number of hydrogen-bond donors (Lipinski definition) is 2. The van der Waals surface area contributed by atoms with Crippen molar-refractivity contribution >= 4 is 33.5 Å². The van der Waals surface area contributed by atoms with Crippen LogP contribution in [0.15, 0.2) is 47.4 Å². The third kappa shape index (κ3) is 6.16. The number of benzene rings is 2. The number of aliphatic carboxylic acids is 1. The van der Waals surface area contributed by atoms with Gasteiger partial charge in [0.1, 0.15) is 11.9 Å². The highest BCUT2D eigenvalue weighted by molar-refractivity contribution is 7.92. The summed E-state index contributed by atoms with van der Waals surface area (Å²) >= 11 is 0. The van der Waals surface area contributed by atoms with Crippen LogP contribution in [-0.4, -0.2) is 50.0 Å². The lowest BCUT2D eigenvalue weighted by molar-refractivity contribution is -0.242. The molecule has 2 N–H and O–H groups in total. The molecule has 0 bridgehead atoms. The van der Waals surface area contributed by atoms with Gasteiger partial charge in [-0.25, -0.2) is 13.2 Å². The maximum absolute atomic E-state index is 13.7. The van der Waals surface area contributed by atoms with Crippen molar-refractivity contribution in [3.05, 3.63) is 48.0 Å². The molecule has 1 fully saturated rings. The van der Waals surface area contributed by atoms with Gasteiger partial charge in [-0.05, 0) is 63.1 Å². The van der Waals surface area contributed by atoms with Crippen LogP contribution in [0.25, 0.3) is 0 Å². The maximum Gasteiger partial charge on any atom is 0.427 e. The molecule has 2 aromatic carbocycles. The summed E-state index contributed by atoms with van der Waals surface area (Å²) in [4.78, 5) is 23.2. The Morgan fingerprint density at radius 2 is 1.76 bits per heavy atom. The number of nitrogens with one attached hydrogen (secondary N) is 1. The van der Waals surface area contributed by atoms with E-state index in [-0.39, 0.29) is 23.5 Å². The van der Waals surface area contributed by atoms with E-state index in [1.807, 2.05) is 0 Å². The van der Waals surface area contributed by atoms with Crippen LogP contribution in [0, 0.1) is 5.41 Å². The van der Waals surface area contributed by atoms with Gasteiger partial charge in [-0.1, -0.05) is 6.07 Å². The summed E-state index contributed by atoms with van der Waals surface area (Å²) < 4.78 is 118. The van der Waals surface area contributed by atoms with Crippen molar-refractivity contribution in [1.82, 2.24) is 0 Å². The molecule has 0 aromatic heterocycles. The summed E-state index contributed by atoms with van der Waals surface area (Å²) in [5.74, 6) is -1.20. The summed E-state index contributed by atoms with van der Waals surface area (Å²) in [5, 5.41) is 11.6. The van der Waals surface area contributed by atoms with Crippen molar-refractivity contribution in [2.24, 2.45) is 5.41 Å². The molecule has 1 heterocycles. The molecule has 0 radical (unpaired) electrons. The zero-order chi connectivity index (χ0) is 30.6. The topological polar surface area (TPSA) is 122 Å². The van der Waals surface area contributed by atoms with Gasteiger partial charge in [-0.15, -0.1) is 0 Å². The highest BCUT2D eigenvalue weighted by atomic mass is 32.2. The first kappa shape index (κ1) is 30.3. The fourth-order valence-electron chi connectivity index (χ4n) is 4.21. The Kier molecular flexibility index (Phi) is 7.38. The van der Waals surface area contributed by atoms with Crippen molar-refractivity contribution in [2.75, 3.05) is 16.2 Å². The molecule has 0 unspecified atom stereocenters. The monoisotopic (exact) mass is 610 g/mol. The van der Waals surface area contributed by atoms with Gasteiger partial charge in [0.15, 0.2) is 0 Å². The Morgan fingerprint density at radius 1 is 1.10 bits per heavy atom. The molecule has 2 aromatic rings. The van der Waals surface area contributed by atoms with Crippen molar-refractivity contribution in [1.29, 1.82) is 0 Å². The van der Waals surface area contributed by atoms with Gasteiger partial charge in [0, 0.05) is 12.1 Å². The molecule has 0 spiro atoms. The van der Waals surface area contributed by atoms with Gasteiger partial charge < -0.3 is 14.6 Å². The maximum atomic E-state index is 13.7. The van der Waals surface area contributed by atoms with Crippen LogP contribution in [0.2, 0.25) is 0 Å². The van der Waals surface area contributed by atoms with E-state index >= 15 is 0 Å². The molecular formula is C25H24F6N2O7S. The molecule has 1 amide bonds. The van der Waals surface area contributed by atoms with Crippen LogP contribution in [-0.2, 0) is 25.7 Å². The van der Waals surface area contributed by atoms with E-state index in [0.29, 0.717) is 38.8 Å². The number of halogens is 6. The number of ether oxygens (including phenoxy) is 2. The Bertz CT molecular complexity index is 1470. The Labute approximate surface area is 230 Å². The van der Waals surface area contributed by atoms with E-state index in [2.05, 4.69) is 10.1 Å². The molecule has 0 saturated heterocycles. The highest BCUT2D eigenvalue weighted by Gasteiger charge is 2.53. The second kappa shape index (κ2) is 9.99. The number of carbonyl (C=O) groups is 2. The molecule has 9 nitrogen and oxygen atoms in total. The Balaban J connectivity index is 1.71. The molecule has 41 heavy (non-hydrogen) atoms. The second-order valence-corrected chi connectivity index (χ2v) is 12.2. The van der Waals surface area contributed by atoms with E-state index in [1.165, 1.54) is 12.1 Å². The summed E-state index contributed by atoms with van der Waals surface area (Å²) in [7, 11) is -4.73. The summed E-state index contributed by atoms with van der Waals surface area (Å²) in [6.07, 6.45) is -11.7. The van der Waals surface area contributed by atoms with Crippen molar-refractivity contribution in [3.63, 3.8) is 0 Å². The zero-order valence-electron chi connectivity index (χ0n) is 21.5. The summed E-state index contributed by atoms with van der Waals surface area (Å²) in [6, 6.07) is 6.42. The van der Waals surface area contributed by atoms with Crippen LogP contribution in [0.4, 0.5) is 42.5 Å². The molecular weight excluding hydrogens is 586 g/mol. The minimum atomic E-state index is -4.90. The molecule has 224 valence electrons. The summed E-state index contributed by atoms with van der Waals surface area (Å²) in [5.41, 5.74) is -5.67. The van der Waals surface area contributed by atoms with E-state index in [0.717, 1.165) is 22.5 Å². The van der Waals surface area contributed by atoms with Gasteiger partial charge in [-0.3, -0.25) is 14.4 Å². The minimum Gasteiger partial charge on any atom is -0.486 e. The molecule has 2 aliphatic rings. The molecule has 4 rings (SSSR count). The van der Waals surface area contributed by atoms with Gasteiger partial charge in [0.25, 0.3) is 10.0 Å². The number of fused-ring (bicyclic) bond motifs is 1. The highest BCUT2D eigenvalue weighted by Crippen LogP contribution is 2.51. The van der Waals surface area contributed by atoms with Crippen LogP contribution in [0.5, 0.6) is 5.75 Å². The van der Waals surface area contributed by atoms with Crippen LogP contribution >= 0.6 is 0 Å². The van der Waals surface area contributed by atoms with E-state index in [9.17, 15) is 49.5 Å². The first-order chi connectivity index (χ1) is 18.7. The SMILES string of the molecule is CC(C)(OC(=O)Nc1ccc2c(c1)N(S(=O)(=O)c1cccc(C(F)(F)F)c1)C[C@H](CC1(C(=O)O)CC1)O2)C(F)(F)F. The van der Waals surface area contributed by atoms with Gasteiger partial charge in [0.05, 0.1) is 28.1 Å². The van der Waals surface area contributed by atoms with Crippen molar-refractivity contribution < 1.29 is 58.9 Å². The first-order valence-corrected chi connectivity index (χ1v) is 13.5. The number of carbonyl (C=O) groups excluding carboxylic acids is 1. The smallest absolute Gasteiger partial charge is 0.427 e. The third-order valence-electron chi connectivity index (χ3n) is 6.84. The third-order valence-corrected chi connectivity index (χ3v) is 8.62. The number of rotatable bonds is 7. The number of hydrogen-bond acceptors (Lipinski definition) is 6. The number of nitrogens with zero attached hydrogens (tertiary/aromatic N) is 1. The number of carboxylic acids is 1. The van der Waals surface area contributed by atoms with Crippen LogP contribution < -0.4 is 14.4 Å². The predicted octanol–water partition coefficient (Wildman–Crippen LogP) is 5.81. The number of anilines is 2. The van der Waals surface area contributed by atoms with Gasteiger partial charge >= 0.3 is 24.4 Å². The average Bonchev–Trinajstić information content (AvgIpc) is 3.63. The standard InChI is InChI=1S/C25H24F6N2O7S/c1-22(2,25(29,30)31)40-21(36)32-15-6-7-19-18(11-15)33(13-16(39-19)12-23(8-9-23)20(34)35)41(37,38)17-5-3-4-14(10-17)24(26,27)28/h3-7,10-11,16H,8-9,12-13H2,1-2H3,(H,32,36)(H,34,35)/t16-/m0/s1. The van der Waals surface area contributed by atoms with Gasteiger partial charge in [-0.2, -0.15) is 26.3 Å². The molecule has 1 aliphatic heterocycles. The van der Waals surface area contributed by atoms with Crippen LogP contribution in [0.3, 0.4) is 0 Å². The Hall–Kier alpha value is -3.69. The number of amides is 1. The zero-order valence-corrected chi connectivity index (χ0v) is 22.3. The lowest BCUT2D eigenvalue weighted by atomic mass is 9.97. The van der Waals surface area contributed by atoms with Crippen molar-refractivity contribution in [3.8, 4) is 5.75 Å². The van der Waals surface area contributed by atoms with Gasteiger partial charge in [0.2, 0.25) is 5.60 Å². The number of alkyl halides is 6. The Morgan fingerprint density at radius 3 is 2.32 bits per heavy atom. The quantitative estimate of drug-likeness (QED) is 0.380. The number of sulfonamides is 1. The molecule has 1 aliphatic carbocycles. The lowest BCUT2D eigenvalue weighted by Gasteiger charge is -2.36. The predicted molar refractivity (Wildman–Crippen MR) is 131 cm³/mol. The fourth-order valence-corrected chi connectivity index (χ4v) is 5.75. The van der Waals surface area contributed by atoms with Crippen LogP contribution in [0.1, 0.15) is 38.7 Å². The van der Waals surface area contributed by atoms with E-state index in [4.69, 9.17) is 4.74 Å². The van der Waals surface area contributed by atoms with Crippen molar-refractivity contribution in [2.45, 2.75) is 62.1 Å². The van der Waals surface area contributed by atoms with E-state index < -0.39 is 68.6 Å². The number of carboxylic acid groups (broad SMARTS) is 1. The minimum absolute atomic E-state index is 0.0881. The fraction of sp³-hybridized carbons (Fsp3) is 0.440. The summed E-state index contributed by atoms with van der Waals surface area (Å²) in [6.45, 7) is 0.761. The normalized spacial score (nSPS) is 18.6. The molecule has 1 atom stereocenters. The lowest BCUT2D eigenvalue weighted by Crippen LogP contribution is -2.45.